The van der Waals surface area contributed by atoms with E-state index in [-0.39, 0.29) is 22.5 Å². The fourth-order valence-electron chi connectivity index (χ4n) is 2.40. The van der Waals surface area contributed by atoms with E-state index in [9.17, 15) is 12.8 Å². The predicted molar refractivity (Wildman–Crippen MR) is 78.7 cm³/mol. The van der Waals surface area contributed by atoms with E-state index in [1.807, 2.05) is 30.3 Å². The van der Waals surface area contributed by atoms with Crippen LogP contribution in [0.25, 0.3) is 0 Å². The zero-order chi connectivity index (χ0) is 15.0. The molecule has 2 aromatic rings. The lowest BCUT2D eigenvalue weighted by molar-refractivity contribution is 0.576. The Balaban J connectivity index is 1.78. The zero-order valence-corrected chi connectivity index (χ0v) is 12.0. The van der Waals surface area contributed by atoms with Crippen molar-refractivity contribution in [2.45, 2.75) is 23.3 Å². The summed E-state index contributed by atoms with van der Waals surface area (Å²) in [5, 5.41) is 0. The van der Waals surface area contributed by atoms with E-state index in [4.69, 9.17) is 5.73 Å². The maximum absolute atomic E-state index is 13.2. The summed E-state index contributed by atoms with van der Waals surface area (Å²) in [4.78, 5) is -0.207. The summed E-state index contributed by atoms with van der Waals surface area (Å²) in [5.41, 5.74) is 6.77. The van der Waals surface area contributed by atoms with E-state index >= 15 is 0 Å². The smallest absolute Gasteiger partial charge is 0.242 e. The number of hydrogen-bond donors (Lipinski definition) is 2. The molecule has 0 bridgehead atoms. The Labute approximate surface area is 122 Å². The number of rotatable bonds is 4. The van der Waals surface area contributed by atoms with Gasteiger partial charge in [-0.15, -0.1) is 0 Å². The van der Waals surface area contributed by atoms with Gasteiger partial charge in [-0.1, -0.05) is 30.3 Å². The van der Waals surface area contributed by atoms with Gasteiger partial charge in [-0.25, -0.2) is 17.5 Å². The molecule has 1 saturated carbocycles. The van der Waals surface area contributed by atoms with E-state index < -0.39 is 15.8 Å². The Kier molecular flexibility index (Phi) is 3.43. The van der Waals surface area contributed by atoms with Crippen LogP contribution in [-0.4, -0.2) is 14.5 Å². The first kappa shape index (κ1) is 14.0. The lowest BCUT2D eigenvalue weighted by Crippen LogP contribution is -2.27. The molecule has 0 heterocycles. The van der Waals surface area contributed by atoms with Crippen LogP contribution in [0.1, 0.15) is 17.9 Å². The molecule has 0 amide bonds. The molecule has 0 aliphatic heterocycles. The molecule has 0 saturated heterocycles. The molecule has 2 unspecified atom stereocenters. The quantitative estimate of drug-likeness (QED) is 0.851. The molecule has 1 aliphatic rings. The summed E-state index contributed by atoms with van der Waals surface area (Å²) in [6, 6.07) is 12.9. The highest BCUT2D eigenvalue weighted by Gasteiger charge is 2.41. The fourth-order valence-corrected chi connectivity index (χ4v) is 3.83. The Bertz CT molecular complexity index is 762. The molecular weight excluding hydrogens is 291 g/mol. The Morgan fingerprint density at radius 2 is 1.86 bits per heavy atom. The standard InChI is InChI=1S/C15H15FN2O2S/c16-11-6-7-13(17)15(8-11)21(19,20)18-14-9-12(14)10-4-2-1-3-5-10/h1-8,12,14,18H,9,17H2. The van der Waals surface area contributed by atoms with E-state index in [0.29, 0.717) is 0 Å². The largest absolute Gasteiger partial charge is 0.398 e. The van der Waals surface area contributed by atoms with Gasteiger partial charge in [0.05, 0.1) is 5.69 Å². The number of benzene rings is 2. The molecule has 1 fully saturated rings. The van der Waals surface area contributed by atoms with E-state index in [1.165, 1.54) is 6.07 Å². The average molecular weight is 306 g/mol. The molecule has 21 heavy (non-hydrogen) atoms. The van der Waals surface area contributed by atoms with Crippen molar-refractivity contribution in [3.63, 3.8) is 0 Å². The van der Waals surface area contributed by atoms with E-state index in [1.54, 1.807) is 0 Å². The Morgan fingerprint density at radius 1 is 1.14 bits per heavy atom. The normalized spacial score (nSPS) is 21.2. The highest BCUT2D eigenvalue weighted by Crippen LogP contribution is 2.41. The van der Waals surface area contributed by atoms with Gasteiger partial charge >= 0.3 is 0 Å². The van der Waals surface area contributed by atoms with Crippen LogP contribution in [0.4, 0.5) is 10.1 Å². The summed E-state index contributed by atoms with van der Waals surface area (Å²) in [6.45, 7) is 0. The first-order chi connectivity index (χ1) is 9.97. The molecule has 1 aliphatic carbocycles. The lowest BCUT2D eigenvalue weighted by atomic mass is 10.1. The summed E-state index contributed by atoms with van der Waals surface area (Å²) in [5.74, 6) is -0.462. The molecule has 3 rings (SSSR count). The van der Waals surface area contributed by atoms with Gasteiger partial charge in [-0.05, 0) is 30.2 Å². The zero-order valence-electron chi connectivity index (χ0n) is 11.2. The van der Waals surface area contributed by atoms with Gasteiger partial charge in [0, 0.05) is 12.0 Å². The Hall–Kier alpha value is -1.92. The third-order valence-electron chi connectivity index (χ3n) is 3.59. The second-order valence-electron chi connectivity index (χ2n) is 5.16. The number of anilines is 1. The second-order valence-corrected chi connectivity index (χ2v) is 6.85. The minimum absolute atomic E-state index is 0.0424. The summed E-state index contributed by atoms with van der Waals surface area (Å²) >= 11 is 0. The Morgan fingerprint density at radius 3 is 2.57 bits per heavy atom. The van der Waals surface area contributed by atoms with Crippen molar-refractivity contribution in [2.75, 3.05) is 5.73 Å². The van der Waals surface area contributed by atoms with Crippen molar-refractivity contribution < 1.29 is 12.8 Å². The van der Waals surface area contributed by atoms with Gasteiger partial charge in [0.2, 0.25) is 10.0 Å². The highest BCUT2D eigenvalue weighted by atomic mass is 32.2. The molecule has 0 radical (unpaired) electrons. The molecule has 2 atom stereocenters. The van der Waals surface area contributed by atoms with Crippen LogP contribution >= 0.6 is 0 Å². The average Bonchev–Trinajstić information content (AvgIpc) is 3.21. The minimum atomic E-state index is -3.81. The molecule has 2 aromatic carbocycles. The second kappa shape index (κ2) is 5.13. The number of halogens is 1. The first-order valence-electron chi connectivity index (χ1n) is 6.60. The summed E-state index contributed by atoms with van der Waals surface area (Å²) in [6.07, 6.45) is 0.735. The van der Waals surface area contributed by atoms with Crippen LogP contribution < -0.4 is 10.5 Å². The van der Waals surface area contributed by atoms with Crippen LogP contribution in [0.3, 0.4) is 0 Å². The van der Waals surface area contributed by atoms with Crippen LogP contribution in [0.15, 0.2) is 53.4 Å². The molecule has 3 N–H and O–H groups in total. The van der Waals surface area contributed by atoms with Crippen LogP contribution in [0.2, 0.25) is 0 Å². The van der Waals surface area contributed by atoms with Gasteiger partial charge < -0.3 is 5.73 Å². The van der Waals surface area contributed by atoms with Gasteiger partial charge in [0.15, 0.2) is 0 Å². The molecule has 0 aromatic heterocycles. The third-order valence-corrected chi connectivity index (χ3v) is 5.14. The minimum Gasteiger partial charge on any atom is -0.398 e. The van der Waals surface area contributed by atoms with Crippen molar-refractivity contribution in [2.24, 2.45) is 0 Å². The van der Waals surface area contributed by atoms with E-state index in [2.05, 4.69) is 4.72 Å². The van der Waals surface area contributed by atoms with Gasteiger partial charge in [0.1, 0.15) is 10.7 Å². The monoisotopic (exact) mass is 306 g/mol. The van der Waals surface area contributed by atoms with Crippen molar-refractivity contribution in [3.05, 3.63) is 59.9 Å². The van der Waals surface area contributed by atoms with Crippen molar-refractivity contribution >= 4 is 15.7 Å². The summed E-state index contributed by atoms with van der Waals surface area (Å²) in [7, 11) is -3.81. The molecule has 110 valence electrons. The van der Waals surface area contributed by atoms with Crippen LogP contribution in [-0.2, 0) is 10.0 Å². The summed E-state index contributed by atoms with van der Waals surface area (Å²) < 4.78 is 40.4. The van der Waals surface area contributed by atoms with Gasteiger partial charge in [-0.2, -0.15) is 0 Å². The molecule has 6 heteroatoms. The third kappa shape index (κ3) is 2.91. The molecular formula is C15H15FN2O2S. The number of sulfonamides is 1. The van der Waals surface area contributed by atoms with Crippen molar-refractivity contribution in [3.8, 4) is 0 Å². The SMILES string of the molecule is Nc1ccc(F)cc1S(=O)(=O)NC1CC1c1ccccc1. The van der Waals surface area contributed by atoms with Gasteiger partial charge in [0.25, 0.3) is 0 Å². The number of hydrogen-bond acceptors (Lipinski definition) is 3. The number of nitrogen functional groups attached to an aromatic ring is 1. The maximum atomic E-state index is 13.2. The predicted octanol–water partition coefficient (Wildman–Crippen LogP) is 2.24. The van der Waals surface area contributed by atoms with E-state index in [0.717, 1.165) is 24.1 Å². The first-order valence-corrected chi connectivity index (χ1v) is 8.08. The maximum Gasteiger partial charge on any atom is 0.242 e. The number of nitrogens with one attached hydrogen (secondary N) is 1. The van der Waals surface area contributed by atoms with Gasteiger partial charge in [-0.3, -0.25) is 0 Å². The topological polar surface area (TPSA) is 72.2 Å². The molecule has 4 nitrogen and oxygen atoms in total. The van der Waals surface area contributed by atoms with Crippen LogP contribution in [0, 0.1) is 5.82 Å². The van der Waals surface area contributed by atoms with Crippen LogP contribution in [0.5, 0.6) is 0 Å². The molecule has 0 spiro atoms. The van der Waals surface area contributed by atoms with Crippen molar-refractivity contribution in [1.29, 1.82) is 0 Å². The number of nitrogens with two attached hydrogens (primary N) is 1. The highest BCUT2D eigenvalue weighted by molar-refractivity contribution is 7.89. The lowest BCUT2D eigenvalue weighted by Gasteiger charge is -2.09. The van der Waals surface area contributed by atoms with Crippen molar-refractivity contribution in [1.82, 2.24) is 4.72 Å². The fraction of sp³-hybridized carbons (Fsp3) is 0.200.